The molecule has 0 saturated carbocycles. The second-order valence-corrected chi connectivity index (χ2v) is 3.68. The summed E-state index contributed by atoms with van der Waals surface area (Å²) in [5.74, 6) is -3.61. The van der Waals surface area contributed by atoms with Crippen LogP contribution in [0.5, 0.6) is 0 Å². The topological polar surface area (TPSA) is 69.6 Å². The van der Waals surface area contributed by atoms with Crippen LogP contribution < -0.4 is 5.32 Å². The first kappa shape index (κ1) is 14.5. The number of amides is 1. The van der Waals surface area contributed by atoms with Crippen LogP contribution in [0, 0.1) is 0 Å². The number of halogens is 3. The summed E-state index contributed by atoms with van der Waals surface area (Å²) in [6.07, 6.45) is -5.16. The Hall–Kier alpha value is -1.54. The average molecular weight is 261 g/mol. The van der Waals surface area contributed by atoms with E-state index in [0.29, 0.717) is 5.56 Å². The van der Waals surface area contributed by atoms with E-state index in [0.717, 1.165) is 0 Å². The third-order valence-electron chi connectivity index (χ3n) is 2.23. The molecule has 0 saturated heterocycles. The van der Waals surface area contributed by atoms with Gasteiger partial charge in [0.1, 0.15) is 0 Å². The minimum absolute atomic E-state index is 0.111. The van der Waals surface area contributed by atoms with Gasteiger partial charge in [0.15, 0.2) is 0 Å². The van der Waals surface area contributed by atoms with Gasteiger partial charge >= 0.3 is 19.2 Å². The van der Waals surface area contributed by atoms with Crippen molar-refractivity contribution in [3.05, 3.63) is 35.9 Å². The maximum Gasteiger partial charge on any atom is 0.475 e. The number of carbonyl (C=O) groups is 1. The van der Waals surface area contributed by atoms with E-state index in [1.54, 1.807) is 35.6 Å². The fraction of sp³-hybridized carbons (Fsp3) is 0.300. The highest BCUT2D eigenvalue weighted by Crippen LogP contribution is 2.15. The van der Waals surface area contributed by atoms with E-state index in [4.69, 9.17) is 10.0 Å². The van der Waals surface area contributed by atoms with E-state index in [2.05, 4.69) is 0 Å². The van der Waals surface area contributed by atoms with Crippen LogP contribution in [0.15, 0.2) is 30.3 Å². The molecule has 0 aliphatic carbocycles. The van der Waals surface area contributed by atoms with Crippen LogP contribution in [0.2, 0.25) is 0 Å². The second kappa shape index (κ2) is 5.88. The van der Waals surface area contributed by atoms with Crippen molar-refractivity contribution >= 4 is 13.0 Å². The molecular formula is C10H11BF3NO3. The van der Waals surface area contributed by atoms with Gasteiger partial charge in [0.05, 0.1) is 5.94 Å². The Kier molecular flexibility index (Phi) is 4.74. The summed E-state index contributed by atoms with van der Waals surface area (Å²) >= 11 is 0. The van der Waals surface area contributed by atoms with Crippen LogP contribution in [-0.2, 0) is 11.2 Å². The first-order chi connectivity index (χ1) is 8.30. The van der Waals surface area contributed by atoms with Gasteiger partial charge in [-0.25, -0.2) is 0 Å². The zero-order chi connectivity index (χ0) is 13.8. The molecule has 0 aliphatic rings. The lowest BCUT2D eigenvalue weighted by Gasteiger charge is -2.18. The van der Waals surface area contributed by atoms with Gasteiger partial charge in [0, 0.05) is 0 Å². The van der Waals surface area contributed by atoms with E-state index < -0.39 is 25.1 Å². The first-order valence-corrected chi connectivity index (χ1v) is 5.08. The lowest BCUT2D eigenvalue weighted by atomic mass is 9.76. The zero-order valence-electron chi connectivity index (χ0n) is 9.19. The number of nitrogens with one attached hydrogen (secondary N) is 1. The van der Waals surface area contributed by atoms with Crippen molar-refractivity contribution in [1.82, 2.24) is 5.32 Å². The summed E-state index contributed by atoms with van der Waals surface area (Å²) in [4.78, 5) is 10.7. The Morgan fingerprint density at radius 3 is 2.28 bits per heavy atom. The molecule has 0 aliphatic heterocycles. The molecule has 3 N–H and O–H groups in total. The molecule has 1 aromatic rings. The maximum atomic E-state index is 12.0. The molecule has 0 radical (unpaired) electrons. The van der Waals surface area contributed by atoms with Crippen molar-refractivity contribution in [2.45, 2.75) is 18.5 Å². The largest absolute Gasteiger partial charge is 0.475 e. The molecule has 1 atom stereocenters. The lowest BCUT2D eigenvalue weighted by molar-refractivity contribution is -0.174. The Bertz CT molecular complexity index is 397. The monoisotopic (exact) mass is 261 g/mol. The number of hydrogen-bond acceptors (Lipinski definition) is 3. The zero-order valence-corrected chi connectivity index (χ0v) is 9.19. The normalized spacial score (nSPS) is 12.9. The average Bonchev–Trinajstić information content (AvgIpc) is 2.28. The molecule has 1 rings (SSSR count). The molecule has 0 fully saturated rings. The number of alkyl halides is 3. The van der Waals surface area contributed by atoms with E-state index in [1.807, 2.05) is 0 Å². The van der Waals surface area contributed by atoms with Gasteiger partial charge in [-0.3, -0.25) is 4.79 Å². The van der Waals surface area contributed by atoms with Crippen LogP contribution in [-0.4, -0.2) is 35.2 Å². The minimum atomic E-state index is -5.05. The highest BCUT2D eigenvalue weighted by molar-refractivity contribution is 6.43. The van der Waals surface area contributed by atoms with Gasteiger partial charge in [-0.1, -0.05) is 30.3 Å². The second-order valence-electron chi connectivity index (χ2n) is 3.68. The Labute approximate surface area is 102 Å². The van der Waals surface area contributed by atoms with Crippen molar-refractivity contribution in [3.63, 3.8) is 0 Å². The summed E-state index contributed by atoms with van der Waals surface area (Å²) in [7, 11) is -2.07. The van der Waals surface area contributed by atoms with Gasteiger partial charge in [-0.05, 0) is 12.0 Å². The third kappa shape index (κ3) is 4.38. The summed E-state index contributed by atoms with van der Waals surface area (Å²) in [5, 5.41) is 19.5. The molecular weight excluding hydrogens is 250 g/mol. The third-order valence-corrected chi connectivity index (χ3v) is 2.23. The summed E-state index contributed by atoms with van der Waals surface area (Å²) < 4.78 is 36.1. The van der Waals surface area contributed by atoms with Crippen molar-refractivity contribution < 1.29 is 28.0 Å². The van der Waals surface area contributed by atoms with Gasteiger partial charge in [0.2, 0.25) is 0 Å². The van der Waals surface area contributed by atoms with Crippen LogP contribution in [0.1, 0.15) is 5.56 Å². The van der Waals surface area contributed by atoms with Crippen molar-refractivity contribution in [2.24, 2.45) is 0 Å². The smallest absolute Gasteiger partial charge is 0.426 e. The summed E-state index contributed by atoms with van der Waals surface area (Å²) in [5.41, 5.74) is 0.582. The molecule has 1 unspecified atom stereocenters. The molecule has 98 valence electrons. The van der Waals surface area contributed by atoms with Crippen molar-refractivity contribution in [2.75, 3.05) is 0 Å². The summed E-state index contributed by atoms with van der Waals surface area (Å²) in [6, 6.07) is 8.23. The Morgan fingerprint density at radius 2 is 1.83 bits per heavy atom. The fourth-order valence-electron chi connectivity index (χ4n) is 1.35. The minimum Gasteiger partial charge on any atom is -0.426 e. The maximum absolute atomic E-state index is 12.0. The predicted molar refractivity (Wildman–Crippen MR) is 58.3 cm³/mol. The Morgan fingerprint density at radius 1 is 1.28 bits per heavy atom. The molecule has 8 heteroatoms. The van der Waals surface area contributed by atoms with Crippen LogP contribution >= 0.6 is 0 Å². The van der Waals surface area contributed by atoms with E-state index in [-0.39, 0.29) is 6.42 Å². The molecule has 0 spiro atoms. The summed E-state index contributed by atoms with van der Waals surface area (Å²) in [6.45, 7) is 0. The number of rotatable bonds is 4. The lowest BCUT2D eigenvalue weighted by Crippen LogP contribution is -2.51. The fourth-order valence-corrected chi connectivity index (χ4v) is 1.35. The van der Waals surface area contributed by atoms with Gasteiger partial charge in [-0.2, -0.15) is 13.2 Å². The van der Waals surface area contributed by atoms with Crippen LogP contribution in [0.25, 0.3) is 0 Å². The Balaban J connectivity index is 2.70. The quantitative estimate of drug-likeness (QED) is 0.682. The van der Waals surface area contributed by atoms with Gasteiger partial charge in [0.25, 0.3) is 0 Å². The van der Waals surface area contributed by atoms with E-state index in [1.165, 1.54) is 0 Å². The van der Waals surface area contributed by atoms with E-state index in [9.17, 15) is 18.0 Å². The molecule has 1 amide bonds. The predicted octanol–water partition coefficient (Wildman–Crippen LogP) is 0.288. The molecule has 1 aromatic carbocycles. The van der Waals surface area contributed by atoms with Crippen molar-refractivity contribution in [3.8, 4) is 0 Å². The molecule has 18 heavy (non-hydrogen) atoms. The van der Waals surface area contributed by atoms with Crippen LogP contribution in [0.3, 0.4) is 0 Å². The van der Waals surface area contributed by atoms with E-state index >= 15 is 0 Å². The molecule has 0 bridgehead atoms. The molecule has 0 heterocycles. The van der Waals surface area contributed by atoms with Crippen LogP contribution in [0.4, 0.5) is 13.2 Å². The van der Waals surface area contributed by atoms with Crippen molar-refractivity contribution in [1.29, 1.82) is 0 Å². The molecule has 0 aromatic heterocycles. The molecule has 4 nitrogen and oxygen atoms in total. The SMILES string of the molecule is O=C(NC(Cc1ccccc1)B(O)O)C(F)(F)F. The van der Waals surface area contributed by atoms with Gasteiger partial charge < -0.3 is 15.4 Å². The van der Waals surface area contributed by atoms with Gasteiger partial charge in [-0.15, -0.1) is 0 Å². The standard InChI is InChI=1S/C10H11BF3NO3/c12-10(13,14)9(16)15-8(11(17)18)6-7-4-2-1-3-5-7/h1-5,8,17-18H,6H2,(H,15,16). The number of hydrogen-bond donors (Lipinski definition) is 3. The highest BCUT2D eigenvalue weighted by Gasteiger charge is 2.41. The number of benzene rings is 1. The highest BCUT2D eigenvalue weighted by atomic mass is 19.4. The number of carbonyl (C=O) groups excluding carboxylic acids is 1. The first-order valence-electron chi connectivity index (χ1n) is 5.08.